The molecule has 5 atom stereocenters. The van der Waals surface area contributed by atoms with Gasteiger partial charge in [0.25, 0.3) is 0 Å². The van der Waals surface area contributed by atoms with Gasteiger partial charge in [-0.3, -0.25) is 0 Å². The Hall–Kier alpha value is -8.08. The summed E-state index contributed by atoms with van der Waals surface area (Å²) in [6.45, 7) is 2.37. The van der Waals surface area contributed by atoms with E-state index in [1.807, 2.05) is 0 Å². The molecule has 8 aromatic carbocycles. The Morgan fingerprint density at radius 2 is 1.23 bits per heavy atom. The molecule has 0 radical (unpaired) electrons. The Balaban J connectivity index is 0.973. The minimum Gasteiger partial charge on any atom is -0.482 e. The lowest BCUT2D eigenvalue weighted by molar-refractivity contribution is 0.218. The molecular formula is C62H43N3O. The number of anilines is 4. The molecule has 4 nitrogen and oxygen atoms in total. The molecule has 0 bridgehead atoms. The van der Waals surface area contributed by atoms with Crippen LogP contribution in [-0.2, 0) is 5.41 Å². The number of hydrogen-bond donors (Lipinski definition) is 0. The van der Waals surface area contributed by atoms with Gasteiger partial charge in [0.1, 0.15) is 11.9 Å². The van der Waals surface area contributed by atoms with Gasteiger partial charge in [-0.15, -0.1) is 0 Å². The molecule has 312 valence electrons. The summed E-state index contributed by atoms with van der Waals surface area (Å²) < 4.78 is 9.54. The van der Waals surface area contributed by atoms with Crippen LogP contribution in [0, 0.1) is 5.92 Å². The Morgan fingerprint density at radius 1 is 0.500 bits per heavy atom. The van der Waals surface area contributed by atoms with Gasteiger partial charge in [0.2, 0.25) is 0 Å². The summed E-state index contributed by atoms with van der Waals surface area (Å²) in [4.78, 5) is 5.27. The molecule has 66 heavy (non-hydrogen) atoms. The van der Waals surface area contributed by atoms with Crippen molar-refractivity contribution < 1.29 is 4.74 Å². The zero-order valence-corrected chi connectivity index (χ0v) is 36.3. The first-order valence-corrected chi connectivity index (χ1v) is 23.4. The zero-order chi connectivity index (χ0) is 43.3. The fourth-order valence-corrected chi connectivity index (χ4v) is 12.9. The largest absolute Gasteiger partial charge is 0.482 e. The maximum Gasteiger partial charge on any atom is 0.144 e. The lowest BCUT2D eigenvalue weighted by Crippen LogP contribution is -2.46. The maximum absolute atomic E-state index is 7.12. The van der Waals surface area contributed by atoms with E-state index in [1.54, 1.807) is 0 Å². The molecular weight excluding hydrogens is 803 g/mol. The molecule has 0 fully saturated rings. The van der Waals surface area contributed by atoms with Gasteiger partial charge in [0, 0.05) is 39.0 Å². The number of aromatic nitrogens is 1. The van der Waals surface area contributed by atoms with Crippen molar-refractivity contribution in [1.29, 1.82) is 0 Å². The van der Waals surface area contributed by atoms with Crippen molar-refractivity contribution in [2.75, 3.05) is 9.80 Å². The summed E-state index contributed by atoms with van der Waals surface area (Å²) in [5.74, 6) is 1.27. The third kappa shape index (κ3) is 4.58. The average molecular weight is 846 g/mol. The summed E-state index contributed by atoms with van der Waals surface area (Å²) in [7, 11) is 0. The zero-order valence-electron chi connectivity index (χ0n) is 36.3. The minimum absolute atomic E-state index is 0.0619. The number of hydrogen-bond acceptors (Lipinski definition) is 3. The van der Waals surface area contributed by atoms with Crippen molar-refractivity contribution in [3.8, 4) is 33.7 Å². The van der Waals surface area contributed by atoms with Gasteiger partial charge < -0.3 is 19.1 Å². The first-order chi connectivity index (χ1) is 32.7. The molecule has 15 rings (SSSR count). The Bertz CT molecular complexity index is 3680. The highest BCUT2D eigenvalue weighted by molar-refractivity contribution is 6.11. The van der Waals surface area contributed by atoms with Crippen molar-refractivity contribution in [2.45, 2.75) is 30.5 Å². The normalized spacial score (nSPS) is 22.0. The molecule has 1 spiro atoms. The van der Waals surface area contributed by atoms with E-state index in [1.165, 1.54) is 88.8 Å². The van der Waals surface area contributed by atoms with Gasteiger partial charge >= 0.3 is 0 Å². The molecule has 4 heterocycles. The smallest absolute Gasteiger partial charge is 0.144 e. The predicted octanol–water partition coefficient (Wildman–Crippen LogP) is 14.6. The second-order valence-corrected chi connectivity index (χ2v) is 18.7. The van der Waals surface area contributed by atoms with Gasteiger partial charge in [0.15, 0.2) is 0 Å². The molecule has 5 unspecified atom stereocenters. The van der Waals surface area contributed by atoms with Gasteiger partial charge in [-0.25, -0.2) is 0 Å². The third-order valence-electron chi connectivity index (χ3n) is 15.5. The van der Waals surface area contributed by atoms with Crippen molar-refractivity contribution in [3.05, 3.63) is 246 Å². The van der Waals surface area contributed by atoms with Crippen molar-refractivity contribution in [1.82, 2.24) is 4.57 Å². The fourth-order valence-electron chi connectivity index (χ4n) is 12.9. The molecule has 4 heteroatoms. The van der Waals surface area contributed by atoms with Crippen LogP contribution in [0.1, 0.15) is 34.7 Å². The van der Waals surface area contributed by atoms with Crippen LogP contribution in [0.4, 0.5) is 22.7 Å². The number of ether oxygens (including phenoxy) is 1. The molecule has 0 N–H and O–H groups in total. The summed E-state index contributed by atoms with van der Waals surface area (Å²) in [5, 5.41) is 2.45. The number of allylic oxidation sites excluding steroid dienone is 4. The lowest BCUT2D eigenvalue weighted by Gasteiger charge is -2.46. The highest BCUT2D eigenvalue weighted by Crippen LogP contribution is 2.68. The maximum atomic E-state index is 7.12. The van der Waals surface area contributed by atoms with Crippen LogP contribution in [0.2, 0.25) is 0 Å². The molecule has 0 amide bonds. The number of nitrogens with zero attached hydrogens (tertiary/aromatic N) is 3. The number of fused-ring (bicyclic) bond motifs is 18. The lowest BCUT2D eigenvalue weighted by atomic mass is 9.64. The second-order valence-electron chi connectivity index (χ2n) is 18.7. The summed E-state index contributed by atoms with van der Waals surface area (Å²) in [6, 6.07) is 66.0. The number of rotatable bonds is 3. The molecule has 1 aromatic heterocycles. The van der Waals surface area contributed by atoms with Crippen molar-refractivity contribution in [2.24, 2.45) is 5.92 Å². The van der Waals surface area contributed by atoms with Crippen LogP contribution in [0.5, 0.6) is 5.75 Å². The number of para-hydroxylation sites is 3. The van der Waals surface area contributed by atoms with Crippen molar-refractivity contribution >= 4 is 50.1 Å². The van der Waals surface area contributed by atoms with Crippen LogP contribution in [0.15, 0.2) is 218 Å². The highest BCUT2D eigenvalue weighted by Gasteiger charge is 2.56. The minimum atomic E-state index is -0.553. The van der Waals surface area contributed by atoms with E-state index >= 15 is 0 Å². The van der Waals surface area contributed by atoms with E-state index in [0.717, 1.165) is 22.8 Å². The first-order valence-electron chi connectivity index (χ1n) is 23.4. The van der Waals surface area contributed by atoms with E-state index in [0.29, 0.717) is 5.92 Å². The molecule has 9 aromatic rings. The molecule has 6 aliphatic rings. The predicted molar refractivity (Wildman–Crippen MR) is 271 cm³/mol. The van der Waals surface area contributed by atoms with E-state index in [4.69, 9.17) is 4.74 Å². The molecule has 3 aliphatic heterocycles. The van der Waals surface area contributed by atoms with Gasteiger partial charge in [0.05, 0.1) is 39.9 Å². The monoisotopic (exact) mass is 845 g/mol. The van der Waals surface area contributed by atoms with Crippen LogP contribution in [-0.4, -0.2) is 22.8 Å². The second kappa shape index (κ2) is 13.2. The SMILES string of the molecule is CC1C=CC=C2c3cccc4c3N(c3ccccc3C43c4ccccc4-c4c3ccc3c4N(c4ccc5c(c4)c4ccccc4n5-c4ccc(-c5ccccc5)cc4)C4C=CC=CC4O3)C21. The summed E-state index contributed by atoms with van der Waals surface area (Å²) in [5.41, 5.74) is 20.9. The standard InChI is InChI=1S/C62H43N3O/c1-38-15-13-20-44-45-21-14-24-51-60(45)65(59(38)44)54-26-10-8-23-49(54)62(51)48-22-7-5-19-46(48)58-50(62)34-36-57-61(58)64(55-27-11-12-28-56(55)66-57)42-33-35-53-47(37-42)43-18-6-9-25-52(43)63(53)41-31-29-40(30-32-41)39-16-3-2-4-17-39/h2-38,55-56,59H,1H3. The Morgan fingerprint density at radius 3 is 2.14 bits per heavy atom. The average Bonchev–Trinajstić information content (AvgIpc) is 4.01. The Kier molecular flexibility index (Phi) is 7.28. The molecule has 3 aliphatic carbocycles. The van der Waals surface area contributed by atoms with Crippen LogP contribution >= 0.6 is 0 Å². The summed E-state index contributed by atoms with van der Waals surface area (Å²) in [6.07, 6.45) is 15.7. The summed E-state index contributed by atoms with van der Waals surface area (Å²) >= 11 is 0. The molecule has 0 saturated heterocycles. The van der Waals surface area contributed by atoms with Crippen LogP contribution in [0.25, 0.3) is 55.3 Å². The van der Waals surface area contributed by atoms with E-state index in [9.17, 15) is 0 Å². The van der Waals surface area contributed by atoms with Crippen LogP contribution in [0.3, 0.4) is 0 Å². The topological polar surface area (TPSA) is 20.6 Å². The Labute approximate surface area is 384 Å². The van der Waals surface area contributed by atoms with Gasteiger partial charge in [-0.05, 0) is 105 Å². The van der Waals surface area contributed by atoms with Crippen molar-refractivity contribution in [3.63, 3.8) is 0 Å². The molecule has 0 saturated carbocycles. The van der Waals surface area contributed by atoms with E-state index < -0.39 is 5.41 Å². The highest BCUT2D eigenvalue weighted by atomic mass is 16.5. The third-order valence-corrected chi connectivity index (χ3v) is 15.5. The van der Waals surface area contributed by atoms with Crippen LogP contribution < -0.4 is 14.5 Å². The van der Waals surface area contributed by atoms with E-state index in [2.05, 4.69) is 240 Å². The van der Waals surface area contributed by atoms with E-state index in [-0.39, 0.29) is 18.2 Å². The quantitative estimate of drug-likeness (QED) is 0.177. The first kappa shape index (κ1) is 36.3. The van der Waals surface area contributed by atoms with Gasteiger partial charge in [-0.1, -0.05) is 171 Å². The number of benzene rings is 8. The fraction of sp³-hybridized carbons (Fsp3) is 0.0968. The van der Waals surface area contributed by atoms with Gasteiger partial charge in [-0.2, -0.15) is 0 Å².